The van der Waals surface area contributed by atoms with Crippen molar-refractivity contribution in [3.8, 4) is 0 Å². The second-order valence-electron chi connectivity index (χ2n) is 7.17. The SMILES string of the molecule is CCCN(CCC)c1cncc(C(=O)N2CCN(c3ccc(F)cc3)CC2)c1. The number of amides is 1. The van der Waals surface area contributed by atoms with Gasteiger partial charge in [-0.2, -0.15) is 0 Å². The number of hydrogen-bond donors (Lipinski definition) is 0. The van der Waals surface area contributed by atoms with Crippen LogP contribution in [0.3, 0.4) is 0 Å². The molecular weight excluding hydrogens is 355 g/mol. The van der Waals surface area contributed by atoms with Crippen molar-refractivity contribution in [3.05, 3.63) is 54.1 Å². The molecule has 6 heteroatoms. The summed E-state index contributed by atoms with van der Waals surface area (Å²) in [7, 11) is 0. The Morgan fingerprint density at radius 3 is 2.29 bits per heavy atom. The van der Waals surface area contributed by atoms with Gasteiger partial charge in [-0.05, 0) is 43.2 Å². The smallest absolute Gasteiger partial charge is 0.255 e. The lowest BCUT2D eigenvalue weighted by Gasteiger charge is -2.36. The van der Waals surface area contributed by atoms with Crippen molar-refractivity contribution in [2.45, 2.75) is 26.7 Å². The molecule has 1 aromatic carbocycles. The van der Waals surface area contributed by atoms with Crippen molar-refractivity contribution in [3.63, 3.8) is 0 Å². The third-order valence-corrected chi connectivity index (χ3v) is 5.08. The zero-order valence-electron chi connectivity index (χ0n) is 16.8. The van der Waals surface area contributed by atoms with Gasteiger partial charge < -0.3 is 14.7 Å². The number of hydrogen-bond acceptors (Lipinski definition) is 4. The Hall–Kier alpha value is -2.63. The van der Waals surface area contributed by atoms with E-state index in [4.69, 9.17) is 0 Å². The van der Waals surface area contributed by atoms with Crippen LogP contribution in [0.2, 0.25) is 0 Å². The minimum absolute atomic E-state index is 0.0288. The molecule has 2 heterocycles. The topological polar surface area (TPSA) is 39.7 Å². The van der Waals surface area contributed by atoms with E-state index in [0.29, 0.717) is 18.7 Å². The fraction of sp³-hybridized carbons (Fsp3) is 0.455. The number of halogens is 1. The summed E-state index contributed by atoms with van der Waals surface area (Å²) in [6, 6.07) is 8.49. The van der Waals surface area contributed by atoms with Crippen LogP contribution in [0.5, 0.6) is 0 Å². The van der Waals surface area contributed by atoms with Gasteiger partial charge in [-0.3, -0.25) is 9.78 Å². The first-order valence-electron chi connectivity index (χ1n) is 10.1. The molecule has 0 unspecified atom stereocenters. The molecule has 1 aromatic heterocycles. The van der Waals surface area contributed by atoms with Crippen molar-refractivity contribution in [2.75, 3.05) is 49.1 Å². The Kier molecular flexibility index (Phi) is 6.85. The number of anilines is 2. The molecule has 1 aliphatic heterocycles. The van der Waals surface area contributed by atoms with Crippen molar-refractivity contribution in [1.29, 1.82) is 0 Å². The lowest BCUT2D eigenvalue weighted by Crippen LogP contribution is -2.48. The molecule has 0 radical (unpaired) electrons. The number of piperazine rings is 1. The molecule has 1 saturated heterocycles. The highest BCUT2D eigenvalue weighted by atomic mass is 19.1. The summed E-state index contributed by atoms with van der Waals surface area (Å²) in [6.07, 6.45) is 5.62. The second kappa shape index (κ2) is 9.53. The third-order valence-electron chi connectivity index (χ3n) is 5.08. The molecule has 1 aliphatic rings. The van der Waals surface area contributed by atoms with Crippen LogP contribution in [-0.4, -0.2) is 55.1 Å². The highest BCUT2D eigenvalue weighted by Crippen LogP contribution is 2.20. The summed E-state index contributed by atoms with van der Waals surface area (Å²) in [4.78, 5) is 23.6. The van der Waals surface area contributed by atoms with Crippen LogP contribution in [0.4, 0.5) is 15.8 Å². The van der Waals surface area contributed by atoms with Crippen LogP contribution in [0.1, 0.15) is 37.0 Å². The van der Waals surface area contributed by atoms with Gasteiger partial charge in [-0.15, -0.1) is 0 Å². The molecule has 0 atom stereocenters. The van der Waals surface area contributed by atoms with Crippen LogP contribution in [0.25, 0.3) is 0 Å². The molecule has 28 heavy (non-hydrogen) atoms. The number of aromatic nitrogens is 1. The molecule has 1 fully saturated rings. The molecule has 1 amide bonds. The summed E-state index contributed by atoms with van der Waals surface area (Å²) in [5.41, 5.74) is 2.65. The van der Waals surface area contributed by atoms with Crippen LogP contribution >= 0.6 is 0 Å². The fourth-order valence-electron chi connectivity index (χ4n) is 3.63. The average molecular weight is 384 g/mol. The molecular formula is C22H29FN4O. The van der Waals surface area contributed by atoms with E-state index < -0.39 is 0 Å². The highest BCUT2D eigenvalue weighted by Gasteiger charge is 2.23. The average Bonchev–Trinajstić information content (AvgIpc) is 2.74. The molecule has 0 bridgehead atoms. The molecule has 0 N–H and O–H groups in total. The van der Waals surface area contributed by atoms with Crippen LogP contribution in [-0.2, 0) is 0 Å². The molecule has 2 aromatic rings. The van der Waals surface area contributed by atoms with Gasteiger partial charge in [0.15, 0.2) is 0 Å². The van der Waals surface area contributed by atoms with E-state index in [1.54, 1.807) is 18.3 Å². The van der Waals surface area contributed by atoms with Gasteiger partial charge in [0.1, 0.15) is 5.82 Å². The Morgan fingerprint density at radius 2 is 1.68 bits per heavy atom. The Labute approximate surface area is 166 Å². The van der Waals surface area contributed by atoms with E-state index in [1.165, 1.54) is 12.1 Å². The molecule has 0 aliphatic carbocycles. The van der Waals surface area contributed by atoms with Gasteiger partial charge in [-0.25, -0.2) is 4.39 Å². The number of carbonyl (C=O) groups is 1. The van der Waals surface area contributed by atoms with Crippen molar-refractivity contribution in [1.82, 2.24) is 9.88 Å². The van der Waals surface area contributed by atoms with Gasteiger partial charge in [0, 0.05) is 51.2 Å². The molecule has 3 rings (SSSR count). The quantitative estimate of drug-likeness (QED) is 0.728. The molecule has 0 saturated carbocycles. The number of pyridine rings is 1. The Bertz CT molecular complexity index is 766. The summed E-state index contributed by atoms with van der Waals surface area (Å²) in [6.45, 7) is 9.01. The predicted octanol–water partition coefficient (Wildman–Crippen LogP) is 3.81. The maximum atomic E-state index is 13.1. The fourth-order valence-corrected chi connectivity index (χ4v) is 3.63. The minimum atomic E-state index is -0.231. The lowest BCUT2D eigenvalue weighted by atomic mass is 10.2. The van der Waals surface area contributed by atoms with E-state index >= 15 is 0 Å². The maximum Gasteiger partial charge on any atom is 0.255 e. The zero-order valence-corrected chi connectivity index (χ0v) is 16.8. The Balaban J connectivity index is 1.64. The van der Waals surface area contributed by atoms with E-state index in [2.05, 4.69) is 28.6 Å². The van der Waals surface area contributed by atoms with Crippen molar-refractivity contribution in [2.24, 2.45) is 0 Å². The number of benzene rings is 1. The number of rotatable bonds is 7. The maximum absolute atomic E-state index is 13.1. The zero-order chi connectivity index (χ0) is 19.9. The van der Waals surface area contributed by atoms with Crippen molar-refractivity contribution < 1.29 is 9.18 Å². The lowest BCUT2D eigenvalue weighted by molar-refractivity contribution is 0.0746. The van der Waals surface area contributed by atoms with Crippen molar-refractivity contribution >= 4 is 17.3 Å². The summed E-state index contributed by atoms with van der Waals surface area (Å²) >= 11 is 0. The molecule has 150 valence electrons. The first-order valence-corrected chi connectivity index (χ1v) is 10.1. The molecule has 5 nitrogen and oxygen atoms in total. The summed E-state index contributed by atoms with van der Waals surface area (Å²) in [5.74, 6) is -0.203. The first kappa shape index (κ1) is 20.1. The Morgan fingerprint density at radius 1 is 1.04 bits per heavy atom. The third kappa shape index (κ3) is 4.80. The largest absolute Gasteiger partial charge is 0.370 e. The van der Waals surface area contributed by atoms with Crippen LogP contribution in [0.15, 0.2) is 42.7 Å². The standard InChI is InChI=1S/C22H29FN4O/c1-3-9-25(10-4-2)21-15-18(16-24-17-21)22(28)27-13-11-26(12-14-27)20-7-5-19(23)6-8-20/h5-8,15-17H,3-4,9-14H2,1-2H3. The van der Waals surface area contributed by atoms with Gasteiger partial charge in [0.2, 0.25) is 0 Å². The first-order chi connectivity index (χ1) is 13.6. The van der Waals surface area contributed by atoms with Gasteiger partial charge in [0.25, 0.3) is 5.91 Å². The van der Waals surface area contributed by atoms with Gasteiger partial charge >= 0.3 is 0 Å². The number of carbonyl (C=O) groups excluding carboxylic acids is 1. The normalized spacial score (nSPS) is 14.2. The monoisotopic (exact) mass is 384 g/mol. The van der Waals surface area contributed by atoms with E-state index in [9.17, 15) is 9.18 Å². The van der Waals surface area contributed by atoms with E-state index in [1.807, 2.05) is 17.2 Å². The van der Waals surface area contributed by atoms with Crippen LogP contribution in [0, 0.1) is 5.82 Å². The second-order valence-corrected chi connectivity index (χ2v) is 7.17. The van der Waals surface area contributed by atoms with Gasteiger partial charge in [-0.1, -0.05) is 13.8 Å². The predicted molar refractivity (Wildman–Crippen MR) is 112 cm³/mol. The van der Waals surface area contributed by atoms with Crippen LogP contribution < -0.4 is 9.80 Å². The highest BCUT2D eigenvalue weighted by molar-refractivity contribution is 5.95. The summed E-state index contributed by atoms with van der Waals surface area (Å²) in [5, 5.41) is 0. The van der Waals surface area contributed by atoms with Gasteiger partial charge in [0.05, 0.1) is 17.4 Å². The van der Waals surface area contributed by atoms with E-state index in [0.717, 1.165) is 50.4 Å². The molecule has 0 spiro atoms. The summed E-state index contributed by atoms with van der Waals surface area (Å²) < 4.78 is 13.1. The number of nitrogens with zero attached hydrogens (tertiary/aromatic N) is 4. The van der Waals surface area contributed by atoms with E-state index in [-0.39, 0.29) is 11.7 Å². The minimum Gasteiger partial charge on any atom is -0.370 e.